The molecule has 0 spiro atoms. The van der Waals surface area contributed by atoms with Crippen molar-refractivity contribution < 1.29 is 9.53 Å². The third-order valence-corrected chi connectivity index (χ3v) is 3.22. The smallest absolute Gasteiger partial charge is 0.337 e. The van der Waals surface area contributed by atoms with Gasteiger partial charge in [-0.25, -0.2) is 4.79 Å². The summed E-state index contributed by atoms with van der Waals surface area (Å²) in [4.78, 5) is 13.6. The van der Waals surface area contributed by atoms with Gasteiger partial charge in [0.15, 0.2) is 0 Å². The van der Waals surface area contributed by atoms with Gasteiger partial charge >= 0.3 is 5.97 Å². The fraction of sp³-hybridized carbons (Fsp3) is 0.462. The molecule has 1 aliphatic heterocycles. The van der Waals surface area contributed by atoms with E-state index in [9.17, 15) is 4.79 Å². The molecular weight excluding hydrogens is 230 g/mol. The van der Waals surface area contributed by atoms with Crippen LogP contribution in [0.2, 0.25) is 0 Å². The van der Waals surface area contributed by atoms with E-state index in [2.05, 4.69) is 22.0 Å². The van der Waals surface area contributed by atoms with Crippen LogP contribution in [0.4, 0.5) is 11.4 Å². The monoisotopic (exact) mass is 249 g/mol. The van der Waals surface area contributed by atoms with Crippen molar-refractivity contribution in [3.05, 3.63) is 23.8 Å². The second kappa shape index (κ2) is 5.27. The molecule has 1 unspecified atom stereocenters. The lowest BCUT2D eigenvalue weighted by atomic mass is 10.1. The second-order valence-corrected chi connectivity index (χ2v) is 4.69. The van der Waals surface area contributed by atoms with E-state index in [-0.39, 0.29) is 5.97 Å². The van der Waals surface area contributed by atoms with Crippen molar-refractivity contribution in [2.45, 2.75) is 12.5 Å². The summed E-state index contributed by atoms with van der Waals surface area (Å²) in [5.41, 5.74) is 7.87. The Bertz CT molecular complexity index is 448. The van der Waals surface area contributed by atoms with Crippen molar-refractivity contribution in [2.24, 2.45) is 0 Å². The molecule has 1 saturated heterocycles. The molecule has 0 radical (unpaired) electrons. The number of likely N-dealkylation sites (tertiary alicyclic amines) is 1. The number of nitrogens with two attached hydrogens (primary N) is 1. The van der Waals surface area contributed by atoms with Crippen LogP contribution in [0.1, 0.15) is 16.8 Å². The first-order chi connectivity index (χ1) is 8.60. The van der Waals surface area contributed by atoms with Crippen LogP contribution < -0.4 is 11.1 Å². The number of carbonyl (C=O) groups is 1. The predicted molar refractivity (Wildman–Crippen MR) is 71.7 cm³/mol. The van der Waals surface area contributed by atoms with Crippen LogP contribution in [0, 0.1) is 0 Å². The molecule has 1 aromatic carbocycles. The number of nitrogens with one attached hydrogen (secondary N) is 1. The number of likely N-dealkylation sites (N-methyl/N-ethyl adjacent to an activating group) is 1. The lowest BCUT2D eigenvalue weighted by Gasteiger charge is -2.16. The summed E-state index contributed by atoms with van der Waals surface area (Å²) in [7, 11) is 3.46. The largest absolute Gasteiger partial charge is 0.465 e. The molecule has 0 aliphatic carbocycles. The number of rotatable bonds is 3. The van der Waals surface area contributed by atoms with Crippen molar-refractivity contribution in [1.82, 2.24) is 4.90 Å². The fourth-order valence-corrected chi connectivity index (χ4v) is 2.21. The predicted octanol–water partition coefficient (Wildman–Crippen LogP) is 1.17. The lowest BCUT2D eigenvalue weighted by Crippen LogP contribution is -2.24. The Morgan fingerprint density at radius 2 is 2.33 bits per heavy atom. The molecule has 0 bridgehead atoms. The SMILES string of the molecule is COC(=O)c1ccc(NC2CCN(C)C2)c(N)c1. The molecule has 1 fully saturated rings. The summed E-state index contributed by atoms with van der Waals surface area (Å²) in [5.74, 6) is -0.367. The maximum Gasteiger partial charge on any atom is 0.337 e. The zero-order chi connectivity index (χ0) is 13.1. The van der Waals surface area contributed by atoms with Crippen molar-refractivity contribution in [3.8, 4) is 0 Å². The number of carbonyl (C=O) groups excluding carboxylic acids is 1. The highest BCUT2D eigenvalue weighted by molar-refractivity contribution is 5.91. The average molecular weight is 249 g/mol. The number of hydrogen-bond donors (Lipinski definition) is 2. The lowest BCUT2D eigenvalue weighted by molar-refractivity contribution is 0.0601. The van der Waals surface area contributed by atoms with Crippen LogP contribution in [-0.4, -0.2) is 44.2 Å². The Hall–Kier alpha value is -1.75. The number of nitrogen functional groups attached to an aromatic ring is 1. The normalized spacial score (nSPS) is 19.8. The van der Waals surface area contributed by atoms with Gasteiger partial charge in [-0.3, -0.25) is 0 Å². The molecule has 18 heavy (non-hydrogen) atoms. The molecule has 1 atom stereocenters. The van der Waals surface area contributed by atoms with Crippen LogP contribution in [0.5, 0.6) is 0 Å². The third-order valence-electron chi connectivity index (χ3n) is 3.22. The third kappa shape index (κ3) is 2.73. The van der Waals surface area contributed by atoms with Crippen LogP contribution in [0.15, 0.2) is 18.2 Å². The van der Waals surface area contributed by atoms with E-state index in [1.165, 1.54) is 7.11 Å². The number of ether oxygens (including phenoxy) is 1. The van der Waals surface area contributed by atoms with Gasteiger partial charge in [0.25, 0.3) is 0 Å². The number of anilines is 2. The standard InChI is InChI=1S/C13H19N3O2/c1-16-6-5-10(8-16)15-12-4-3-9(7-11(12)14)13(17)18-2/h3-4,7,10,15H,5-6,8,14H2,1-2H3. The number of esters is 1. The summed E-state index contributed by atoms with van der Waals surface area (Å²) in [6.45, 7) is 2.11. The molecule has 1 aromatic rings. The highest BCUT2D eigenvalue weighted by Gasteiger charge is 2.19. The maximum atomic E-state index is 11.4. The van der Waals surface area contributed by atoms with Gasteiger partial charge in [0.2, 0.25) is 0 Å². The minimum atomic E-state index is -0.367. The molecule has 5 heteroatoms. The van der Waals surface area contributed by atoms with Crippen molar-refractivity contribution in [2.75, 3.05) is 38.3 Å². The Morgan fingerprint density at radius 1 is 1.56 bits per heavy atom. The maximum absolute atomic E-state index is 11.4. The summed E-state index contributed by atoms with van der Waals surface area (Å²) in [5, 5.41) is 3.40. The molecule has 5 nitrogen and oxygen atoms in total. The average Bonchev–Trinajstić information content (AvgIpc) is 2.76. The van der Waals surface area contributed by atoms with Gasteiger partial charge in [0, 0.05) is 12.6 Å². The summed E-state index contributed by atoms with van der Waals surface area (Å²) < 4.78 is 4.66. The van der Waals surface area contributed by atoms with Crippen molar-refractivity contribution in [1.29, 1.82) is 0 Å². The number of hydrogen-bond acceptors (Lipinski definition) is 5. The first-order valence-electron chi connectivity index (χ1n) is 6.03. The second-order valence-electron chi connectivity index (χ2n) is 4.69. The van der Waals surface area contributed by atoms with E-state index >= 15 is 0 Å². The Balaban J connectivity index is 2.08. The summed E-state index contributed by atoms with van der Waals surface area (Å²) in [6, 6.07) is 5.62. The first kappa shape index (κ1) is 12.7. The topological polar surface area (TPSA) is 67.6 Å². The van der Waals surface area contributed by atoms with Gasteiger partial charge in [-0.05, 0) is 38.2 Å². The van der Waals surface area contributed by atoms with E-state index in [1.54, 1.807) is 12.1 Å². The van der Waals surface area contributed by atoms with Gasteiger partial charge in [0.1, 0.15) is 0 Å². The van der Waals surface area contributed by atoms with Crippen LogP contribution in [0.25, 0.3) is 0 Å². The van der Waals surface area contributed by atoms with Gasteiger partial charge in [-0.15, -0.1) is 0 Å². The van der Waals surface area contributed by atoms with E-state index in [4.69, 9.17) is 5.73 Å². The number of nitrogens with zero attached hydrogens (tertiary/aromatic N) is 1. The van der Waals surface area contributed by atoms with Gasteiger partial charge in [-0.1, -0.05) is 0 Å². The molecule has 3 N–H and O–H groups in total. The number of benzene rings is 1. The molecule has 0 saturated carbocycles. The summed E-state index contributed by atoms with van der Waals surface area (Å²) >= 11 is 0. The highest BCUT2D eigenvalue weighted by atomic mass is 16.5. The van der Waals surface area contributed by atoms with E-state index < -0.39 is 0 Å². The molecule has 0 aromatic heterocycles. The minimum absolute atomic E-state index is 0.367. The van der Waals surface area contributed by atoms with Crippen molar-refractivity contribution >= 4 is 17.3 Å². The van der Waals surface area contributed by atoms with E-state index in [0.717, 1.165) is 25.2 Å². The first-order valence-corrected chi connectivity index (χ1v) is 6.03. The molecule has 2 rings (SSSR count). The van der Waals surface area contributed by atoms with E-state index in [1.807, 2.05) is 6.07 Å². The van der Waals surface area contributed by atoms with Gasteiger partial charge in [0.05, 0.1) is 24.0 Å². The summed E-state index contributed by atoms with van der Waals surface area (Å²) in [6.07, 6.45) is 1.11. The Morgan fingerprint density at radius 3 is 2.89 bits per heavy atom. The van der Waals surface area contributed by atoms with Gasteiger partial charge in [-0.2, -0.15) is 0 Å². The molecule has 1 heterocycles. The van der Waals surface area contributed by atoms with E-state index in [0.29, 0.717) is 17.3 Å². The Labute approximate surface area is 107 Å². The van der Waals surface area contributed by atoms with Crippen LogP contribution in [-0.2, 0) is 4.74 Å². The molecule has 0 amide bonds. The van der Waals surface area contributed by atoms with Crippen LogP contribution >= 0.6 is 0 Å². The zero-order valence-electron chi connectivity index (χ0n) is 10.8. The zero-order valence-corrected chi connectivity index (χ0v) is 10.8. The Kier molecular flexibility index (Phi) is 3.72. The van der Waals surface area contributed by atoms with Crippen molar-refractivity contribution in [3.63, 3.8) is 0 Å². The number of methoxy groups -OCH3 is 1. The fourth-order valence-electron chi connectivity index (χ4n) is 2.21. The van der Waals surface area contributed by atoms with Gasteiger partial charge < -0.3 is 20.7 Å². The highest BCUT2D eigenvalue weighted by Crippen LogP contribution is 2.23. The molecular formula is C13H19N3O2. The molecule has 98 valence electrons. The van der Waals surface area contributed by atoms with Crippen LogP contribution in [0.3, 0.4) is 0 Å². The minimum Gasteiger partial charge on any atom is -0.465 e. The molecule has 1 aliphatic rings. The quantitative estimate of drug-likeness (QED) is 0.622.